The van der Waals surface area contributed by atoms with Crippen LogP contribution >= 0.6 is 0 Å². The normalized spacial score (nSPS) is 15.5. The number of pyridine rings is 1. The van der Waals surface area contributed by atoms with Crippen molar-refractivity contribution in [3.05, 3.63) is 28.2 Å². The molecule has 0 fully saturated rings. The maximum absolute atomic E-state index is 12.1. The van der Waals surface area contributed by atoms with Crippen molar-refractivity contribution in [3.8, 4) is 5.75 Å². The van der Waals surface area contributed by atoms with E-state index in [1.807, 2.05) is 0 Å². The largest absolute Gasteiger partial charge is 0.534 e. The van der Waals surface area contributed by atoms with Crippen LogP contribution in [0.4, 0.5) is 13.2 Å². The van der Waals surface area contributed by atoms with E-state index in [0.29, 0.717) is 25.1 Å². The maximum atomic E-state index is 12.1. The van der Waals surface area contributed by atoms with Gasteiger partial charge in [-0.25, -0.2) is 0 Å². The van der Waals surface area contributed by atoms with E-state index in [2.05, 4.69) is 4.18 Å². The fourth-order valence-electron chi connectivity index (χ4n) is 1.73. The highest BCUT2D eigenvalue weighted by Gasteiger charge is 2.48. The van der Waals surface area contributed by atoms with E-state index in [0.717, 1.165) is 12.1 Å². The van der Waals surface area contributed by atoms with E-state index >= 15 is 0 Å². The quantitative estimate of drug-likeness (QED) is 0.600. The molecule has 0 radical (unpaired) electrons. The molecule has 0 aromatic carbocycles. The molecule has 0 amide bonds. The van der Waals surface area contributed by atoms with Crippen molar-refractivity contribution in [1.29, 1.82) is 0 Å². The van der Waals surface area contributed by atoms with Crippen molar-refractivity contribution in [2.45, 2.75) is 24.9 Å². The summed E-state index contributed by atoms with van der Waals surface area (Å²) in [6, 6.07) is 1.87. The van der Waals surface area contributed by atoms with Gasteiger partial charge in [0.25, 0.3) is 5.56 Å². The molecule has 1 aliphatic rings. The number of aromatic nitrogens is 1. The molecule has 5 nitrogen and oxygen atoms in total. The SMILES string of the molecule is O=c1cc(OS(=O)(=O)C(F)(F)F)cc2n1CCC2. The van der Waals surface area contributed by atoms with Gasteiger partial charge in [0.15, 0.2) is 0 Å². The number of rotatable bonds is 2. The van der Waals surface area contributed by atoms with Gasteiger partial charge in [-0.1, -0.05) is 0 Å². The Morgan fingerprint density at radius 2 is 1.94 bits per heavy atom. The van der Waals surface area contributed by atoms with Crippen molar-refractivity contribution in [2.24, 2.45) is 0 Å². The molecule has 0 spiro atoms. The zero-order valence-electron chi connectivity index (χ0n) is 8.90. The molecule has 2 heterocycles. The molecule has 0 atom stereocenters. The van der Waals surface area contributed by atoms with Crippen LogP contribution in [0.2, 0.25) is 0 Å². The zero-order chi connectivity index (χ0) is 13.6. The van der Waals surface area contributed by atoms with Crippen molar-refractivity contribution in [3.63, 3.8) is 0 Å². The van der Waals surface area contributed by atoms with E-state index in [-0.39, 0.29) is 0 Å². The smallest absolute Gasteiger partial charge is 0.376 e. The Bertz CT molecular complexity index is 632. The summed E-state index contributed by atoms with van der Waals surface area (Å²) in [5.74, 6) is -0.606. The molecular formula is C9H8F3NO4S. The maximum Gasteiger partial charge on any atom is 0.534 e. The number of alkyl halides is 3. The summed E-state index contributed by atoms with van der Waals surface area (Å²) < 4.78 is 63.1. The standard InChI is InChI=1S/C9H8F3NO4S/c10-9(11,12)18(15,16)17-7-4-6-2-1-3-13(6)8(14)5-7/h4-5H,1-3H2. The number of fused-ring (bicyclic) bond motifs is 1. The first-order valence-corrected chi connectivity index (χ1v) is 6.36. The summed E-state index contributed by atoms with van der Waals surface area (Å²) in [5, 5.41) is 0. The van der Waals surface area contributed by atoms with Gasteiger partial charge in [0.2, 0.25) is 0 Å². The van der Waals surface area contributed by atoms with Crippen LogP contribution in [-0.4, -0.2) is 18.5 Å². The molecule has 0 saturated carbocycles. The predicted molar refractivity (Wildman–Crippen MR) is 54.6 cm³/mol. The Kier molecular flexibility index (Phi) is 2.88. The second-order valence-corrected chi connectivity index (χ2v) is 5.30. The lowest BCUT2D eigenvalue weighted by atomic mass is 10.3. The Labute approximate surface area is 99.9 Å². The van der Waals surface area contributed by atoms with Gasteiger partial charge in [-0.15, -0.1) is 0 Å². The van der Waals surface area contributed by atoms with Gasteiger partial charge >= 0.3 is 15.6 Å². The van der Waals surface area contributed by atoms with Crippen LogP contribution in [0, 0.1) is 0 Å². The van der Waals surface area contributed by atoms with Crippen molar-refractivity contribution in [2.75, 3.05) is 0 Å². The topological polar surface area (TPSA) is 65.4 Å². The lowest BCUT2D eigenvalue weighted by Crippen LogP contribution is -2.29. The first-order chi connectivity index (χ1) is 8.21. The van der Waals surface area contributed by atoms with Gasteiger partial charge < -0.3 is 8.75 Å². The van der Waals surface area contributed by atoms with Crippen molar-refractivity contribution < 1.29 is 25.8 Å². The summed E-state index contributed by atoms with van der Waals surface area (Å²) in [6.45, 7) is 0.473. The first kappa shape index (κ1) is 12.9. The van der Waals surface area contributed by atoms with E-state index in [9.17, 15) is 26.4 Å². The van der Waals surface area contributed by atoms with Gasteiger partial charge in [-0.3, -0.25) is 4.79 Å². The Morgan fingerprint density at radius 1 is 1.28 bits per heavy atom. The summed E-state index contributed by atoms with van der Waals surface area (Å²) >= 11 is 0. The summed E-state index contributed by atoms with van der Waals surface area (Å²) in [6.07, 6.45) is 1.18. The number of halogens is 3. The zero-order valence-corrected chi connectivity index (χ0v) is 9.71. The average molecular weight is 283 g/mol. The van der Waals surface area contributed by atoms with Gasteiger partial charge in [-0.2, -0.15) is 21.6 Å². The van der Waals surface area contributed by atoms with E-state index in [4.69, 9.17) is 0 Å². The average Bonchev–Trinajstić information content (AvgIpc) is 2.63. The van der Waals surface area contributed by atoms with Crippen LogP contribution in [0.3, 0.4) is 0 Å². The monoisotopic (exact) mass is 283 g/mol. The molecule has 18 heavy (non-hydrogen) atoms. The predicted octanol–water partition coefficient (Wildman–Crippen LogP) is 1.02. The molecular weight excluding hydrogens is 275 g/mol. The number of hydrogen-bond donors (Lipinski definition) is 0. The Hall–Kier alpha value is -1.51. The summed E-state index contributed by atoms with van der Waals surface area (Å²) in [7, 11) is -5.73. The molecule has 1 aromatic heterocycles. The Balaban J connectivity index is 2.38. The van der Waals surface area contributed by atoms with Gasteiger partial charge in [0.05, 0.1) is 0 Å². The molecule has 9 heteroatoms. The molecule has 1 aliphatic heterocycles. The van der Waals surface area contributed by atoms with Crippen molar-refractivity contribution in [1.82, 2.24) is 4.57 Å². The van der Waals surface area contributed by atoms with Gasteiger partial charge in [0.1, 0.15) is 5.75 Å². The fourth-order valence-corrected chi connectivity index (χ4v) is 2.17. The lowest BCUT2D eigenvalue weighted by molar-refractivity contribution is -0.0500. The summed E-state index contributed by atoms with van der Waals surface area (Å²) in [5.41, 5.74) is -5.62. The van der Waals surface area contributed by atoms with E-state index in [1.165, 1.54) is 4.57 Å². The van der Waals surface area contributed by atoms with Crippen LogP contribution < -0.4 is 9.74 Å². The minimum atomic E-state index is -5.73. The van der Waals surface area contributed by atoms with Gasteiger partial charge in [-0.05, 0) is 12.8 Å². The van der Waals surface area contributed by atoms with Crippen molar-refractivity contribution >= 4 is 10.1 Å². The third-order valence-electron chi connectivity index (χ3n) is 2.49. The van der Waals surface area contributed by atoms with E-state index < -0.39 is 26.9 Å². The fraction of sp³-hybridized carbons (Fsp3) is 0.444. The number of nitrogens with zero attached hydrogens (tertiary/aromatic N) is 1. The third kappa shape index (κ3) is 2.22. The van der Waals surface area contributed by atoms with E-state index in [1.54, 1.807) is 0 Å². The summed E-state index contributed by atoms with van der Waals surface area (Å²) in [4.78, 5) is 11.5. The molecule has 0 bridgehead atoms. The van der Waals surface area contributed by atoms with Crippen LogP contribution in [-0.2, 0) is 23.1 Å². The Morgan fingerprint density at radius 3 is 2.56 bits per heavy atom. The minimum Gasteiger partial charge on any atom is -0.376 e. The highest BCUT2D eigenvalue weighted by atomic mass is 32.2. The minimum absolute atomic E-state index is 0.467. The molecule has 1 aromatic rings. The molecule has 0 saturated heterocycles. The molecule has 2 rings (SSSR count). The number of aryl methyl sites for hydroxylation is 1. The highest BCUT2D eigenvalue weighted by molar-refractivity contribution is 7.87. The second-order valence-electron chi connectivity index (χ2n) is 3.76. The highest BCUT2D eigenvalue weighted by Crippen LogP contribution is 2.27. The molecule has 0 unspecified atom stereocenters. The van der Waals surface area contributed by atoms with Gasteiger partial charge in [0, 0.05) is 24.4 Å². The molecule has 100 valence electrons. The third-order valence-corrected chi connectivity index (χ3v) is 3.47. The second kappa shape index (κ2) is 4.01. The molecule has 0 N–H and O–H groups in total. The number of hydrogen-bond acceptors (Lipinski definition) is 4. The molecule has 0 aliphatic carbocycles. The first-order valence-electron chi connectivity index (χ1n) is 4.95. The van der Waals surface area contributed by atoms with Crippen LogP contribution in [0.15, 0.2) is 16.9 Å². The van der Waals surface area contributed by atoms with Crippen LogP contribution in [0.5, 0.6) is 5.75 Å². The van der Waals surface area contributed by atoms with Crippen LogP contribution in [0.1, 0.15) is 12.1 Å². The lowest BCUT2D eigenvalue weighted by Gasteiger charge is -2.10. The van der Waals surface area contributed by atoms with Crippen LogP contribution in [0.25, 0.3) is 0 Å².